The van der Waals surface area contributed by atoms with E-state index in [1.807, 2.05) is 6.07 Å². The Labute approximate surface area is 307 Å². The molecule has 2 heteroatoms. The molecule has 1 aromatic heterocycles. The number of hydrogen-bond donors (Lipinski definition) is 0. The third-order valence-corrected chi connectivity index (χ3v) is 11.3. The van der Waals surface area contributed by atoms with Gasteiger partial charge in [0, 0.05) is 32.9 Å². The zero-order valence-electron chi connectivity index (χ0n) is 28.9. The molecular weight excluding hydrogens is 643 g/mol. The Hall–Kier alpha value is -6.90. The summed E-state index contributed by atoms with van der Waals surface area (Å²) in [4.78, 5) is 2.43. The molecular formula is C51H33NO. The summed E-state index contributed by atoms with van der Waals surface area (Å²) >= 11 is 0. The van der Waals surface area contributed by atoms with Crippen molar-refractivity contribution in [2.24, 2.45) is 0 Å². The maximum absolute atomic E-state index is 6.72. The molecule has 0 saturated heterocycles. The van der Waals surface area contributed by atoms with E-state index in [-0.39, 0.29) is 0 Å². The van der Waals surface area contributed by atoms with Crippen LogP contribution in [0.25, 0.3) is 54.6 Å². The minimum absolute atomic E-state index is 0.501. The zero-order valence-corrected chi connectivity index (χ0v) is 28.9. The lowest BCUT2D eigenvalue weighted by Gasteiger charge is -2.35. The molecule has 2 nitrogen and oxygen atoms in total. The molecule has 9 aromatic carbocycles. The van der Waals surface area contributed by atoms with Gasteiger partial charge in [-0.2, -0.15) is 0 Å². The summed E-state index contributed by atoms with van der Waals surface area (Å²) < 4.78 is 6.72. The van der Waals surface area contributed by atoms with Gasteiger partial charge in [-0.1, -0.05) is 158 Å². The van der Waals surface area contributed by atoms with E-state index in [1.54, 1.807) is 0 Å². The maximum Gasteiger partial charge on any atom is 0.143 e. The Bertz CT molecular complexity index is 2970. The largest absolute Gasteiger partial charge is 0.455 e. The van der Waals surface area contributed by atoms with Crippen molar-refractivity contribution in [3.63, 3.8) is 0 Å². The van der Waals surface area contributed by atoms with E-state index in [0.29, 0.717) is 0 Å². The fraction of sp³-hybridized carbons (Fsp3) is 0.0196. The van der Waals surface area contributed by atoms with Gasteiger partial charge in [0.25, 0.3) is 0 Å². The van der Waals surface area contributed by atoms with Crippen molar-refractivity contribution in [1.29, 1.82) is 0 Å². The first-order valence-electron chi connectivity index (χ1n) is 18.3. The summed E-state index contributed by atoms with van der Waals surface area (Å²) in [6.45, 7) is 0. The van der Waals surface area contributed by atoms with Crippen molar-refractivity contribution < 1.29 is 4.42 Å². The highest BCUT2D eigenvalue weighted by Crippen LogP contribution is 2.57. The van der Waals surface area contributed by atoms with Gasteiger partial charge in [0.2, 0.25) is 0 Å². The van der Waals surface area contributed by atoms with Gasteiger partial charge in [-0.15, -0.1) is 0 Å². The lowest BCUT2D eigenvalue weighted by atomic mass is 9.67. The Kier molecular flexibility index (Phi) is 6.50. The molecule has 0 saturated carbocycles. The van der Waals surface area contributed by atoms with E-state index >= 15 is 0 Å². The van der Waals surface area contributed by atoms with Crippen molar-refractivity contribution >= 4 is 60.5 Å². The van der Waals surface area contributed by atoms with Crippen molar-refractivity contribution in [2.45, 2.75) is 5.41 Å². The molecule has 0 spiro atoms. The highest BCUT2D eigenvalue weighted by atomic mass is 16.3. The predicted molar refractivity (Wildman–Crippen MR) is 221 cm³/mol. The number of nitrogens with zero attached hydrogens (tertiary/aromatic N) is 1. The third-order valence-electron chi connectivity index (χ3n) is 11.3. The summed E-state index contributed by atoms with van der Waals surface area (Å²) in [5.41, 5.74) is 12.3. The number of hydrogen-bond acceptors (Lipinski definition) is 2. The van der Waals surface area contributed by atoms with Crippen LogP contribution in [0, 0.1) is 0 Å². The van der Waals surface area contributed by atoms with Crippen LogP contribution in [0.2, 0.25) is 0 Å². The molecule has 10 aromatic rings. The van der Waals surface area contributed by atoms with Gasteiger partial charge in [-0.3, -0.25) is 0 Å². The second-order valence-electron chi connectivity index (χ2n) is 14.0. The van der Waals surface area contributed by atoms with Crippen LogP contribution in [-0.4, -0.2) is 0 Å². The van der Waals surface area contributed by atoms with Gasteiger partial charge in [0.15, 0.2) is 0 Å². The van der Waals surface area contributed by atoms with Crippen LogP contribution < -0.4 is 4.90 Å². The van der Waals surface area contributed by atoms with Crippen LogP contribution in [0.1, 0.15) is 22.3 Å². The average molecular weight is 676 g/mol. The SMILES string of the molecule is c1ccc(N(c2cccc(C3(c4ccccc4)c4ccccc4-c4ccccc43)c2)c2cc3ccccc3c3c2ccc2c4ccccc4oc23)cc1. The number of rotatable bonds is 5. The topological polar surface area (TPSA) is 16.4 Å². The molecule has 0 fully saturated rings. The minimum atomic E-state index is -0.501. The van der Waals surface area contributed by atoms with E-state index in [2.05, 4.69) is 199 Å². The molecule has 0 N–H and O–H groups in total. The standard InChI is InChI=1S/C51H33NO/c1-3-17-35(18-4-1)51(45-27-12-9-24-40(45)41-25-10-13-28-46(41)51)36-19-15-22-38(33-36)52(37-20-5-2-6-21-37)47-32-34-16-7-8-23-39(34)49-44(47)31-30-43-42-26-11-14-29-48(42)53-50(43)49/h1-33H. The van der Waals surface area contributed by atoms with Crippen LogP contribution in [0.4, 0.5) is 17.1 Å². The summed E-state index contributed by atoms with van der Waals surface area (Å²) in [6.07, 6.45) is 0. The van der Waals surface area contributed by atoms with Crippen LogP contribution in [0.3, 0.4) is 0 Å². The van der Waals surface area contributed by atoms with E-state index < -0.39 is 5.41 Å². The molecule has 11 rings (SSSR count). The molecule has 1 heterocycles. The smallest absolute Gasteiger partial charge is 0.143 e. The first-order valence-corrected chi connectivity index (χ1v) is 18.3. The summed E-state index contributed by atoms with van der Waals surface area (Å²) in [5.74, 6) is 0. The van der Waals surface area contributed by atoms with E-state index in [4.69, 9.17) is 4.42 Å². The Morgan fingerprint density at radius 2 is 0.981 bits per heavy atom. The molecule has 0 aliphatic heterocycles. The third kappa shape index (κ3) is 4.27. The van der Waals surface area contributed by atoms with Gasteiger partial charge >= 0.3 is 0 Å². The molecule has 1 aliphatic carbocycles. The summed E-state index contributed by atoms with van der Waals surface area (Å²) in [7, 11) is 0. The highest BCUT2D eigenvalue weighted by molar-refractivity contribution is 6.26. The molecule has 0 bridgehead atoms. The molecule has 1 aliphatic rings. The van der Waals surface area contributed by atoms with E-state index in [1.165, 1.54) is 44.2 Å². The molecule has 0 radical (unpaired) electrons. The predicted octanol–water partition coefficient (Wildman–Crippen LogP) is 13.7. The quantitative estimate of drug-likeness (QED) is 0.169. The Morgan fingerprint density at radius 3 is 1.75 bits per heavy atom. The number of anilines is 3. The zero-order chi connectivity index (χ0) is 34.9. The van der Waals surface area contributed by atoms with Crippen molar-refractivity contribution in [3.8, 4) is 11.1 Å². The van der Waals surface area contributed by atoms with Gasteiger partial charge in [-0.25, -0.2) is 0 Å². The lowest BCUT2D eigenvalue weighted by Crippen LogP contribution is -2.28. The number of furan rings is 1. The second kappa shape index (κ2) is 11.6. The van der Waals surface area contributed by atoms with Crippen LogP contribution in [-0.2, 0) is 5.41 Å². The summed E-state index contributed by atoms with van der Waals surface area (Å²) in [5, 5.41) is 6.88. The normalized spacial score (nSPS) is 13.1. The molecule has 0 atom stereocenters. The average Bonchev–Trinajstić information content (AvgIpc) is 3.76. The van der Waals surface area contributed by atoms with Crippen molar-refractivity contribution in [3.05, 3.63) is 222 Å². The molecule has 248 valence electrons. The number of benzene rings is 9. The molecule has 0 unspecified atom stereocenters. The van der Waals surface area contributed by atoms with Gasteiger partial charge in [0.05, 0.1) is 11.1 Å². The lowest BCUT2D eigenvalue weighted by molar-refractivity contribution is 0.673. The fourth-order valence-electron chi connectivity index (χ4n) is 9.12. The van der Waals surface area contributed by atoms with E-state index in [9.17, 15) is 0 Å². The minimum Gasteiger partial charge on any atom is -0.455 e. The van der Waals surface area contributed by atoms with Gasteiger partial charge in [0.1, 0.15) is 11.2 Å². The second-order valence-corrected chi connectivity index (χ2v) is 14.0. The van der Waals surface area contributed by atoms with Crippen LogP contribution in [0.5, 0.6) is 0 Å². The maximum atomic E-state index is 6.72. The Morgan fingerprint density at radius 1 is 0.396 bits per heavy atom. The number of fused-ring (bicyclic) bond motifs is 10. The van der Waals surface area contributed by atoms with Crippen molar-refractivity contribution in [1.82, 2.24) is 0 Å². The number of para-hydroxylation sites is 2. The van der Waals surface area contributed by atoms with Crippen LogP contribution >= 0.6 is 0 Å². The summed E-state index contributed by atoms with van der Waals surface area (Å²) in [6, 6.07) is 72.8. The van der Waals surface area contributed by atoms with Gasteiger partial charge < -0.3 is 9.32 Å². The molecule has 0 amide bonds. The molecule has 53 heavy (non-hydrogen) atoms. The highest BCUT2D eigenvalue weighted by Gasteiger charge is 2.46. The first-order chi connectivity index (χ1) is 26.3. The Balaban J connectivity index is 1.22. The first kappa shape index (κ1) is 29.8. The monoisotopic (exact) mass is 675 g/mol. The van der Waals surface area contributed by atoms with Crippen molar-refractivity contribution in [2.75, 3.05) is 4.90 Å². The fourth-order valence-corrected chi connectivity index (χ4v) is 9.12. The van der Waals surface area contributed by atoms with Gasteiger partial charge in [-0.05, 0) is 86.6 Å². The van der Waals surface area contributed by atoms with Crippen LogP contribution in [0.15, 0.2) is 205 Å². The van der Waals surface area contributed by atoms with E-state index in [0.717, 1.165) is 49.8 Å².